The third-order valence-corrected chi connectivity index (χ3v) is 5.83. The van der Waals surface area contributed by atoms with Crippen LogP contribution >= 0.6 is 11.3 Å². The van der Waals surface area contributed by atoms with Crippen molar-refractivity contribution >= 4 is 28.2 Å². The fraction of sp³-hybridized carbons (Fsp3) is 0.278. The van der Waals surface area contributed by atoms with E-state index in [1.807, 2.05) is 32.4 Å². The third kappa shape index (κ3) is 2.64. The first-order valence-electron chi connectivity index (χ1n) is 7.82. The molecule has 2 heterocycles. The molecule has 0 radical (unpaired) electrons. The highest BCUT2D eigenvalue weighted by Gasteiger charge is 2.24. The third-order valence-electron chi connectivity index (χ3n) is 4.54. The van der Waals surface area contributed by atoms with Crippen molar-refractivity contribution in [2.75, 3.05) is 0 Å². The molecule has 0 aliphatic rings. The number of nitrogens with zero attached hydrogens (tertiary/aromatic N) is 2. The number of benzene rings is 1. The summed E-state index contributed by atoms with van der Waals surface area (Å²) < 4.78 is 18.4. The minimum atomic E-state index is -1.31. The van der Waals surface area contributed by atoms with Crippen LogP contribution in [0.3, 0.4) is 0 Å². The molecule has 0 aliphatic heterocycles. The highest BCUT2D eigenvalue weighted by Crippen LogP contribution is 2.30. The zero-order valence-corrected chi connectivity index (χ0v) is 15.2. The topological polar surface area (TPSA) is 63.2 Å². The number of pyridine rings is 1. The summed E-state index contributed by atoms with van der Waals surface area (Å²) in [6.45, 7) is 6.26. The number of rotatable bonds is 3. The number of aryl methyl sites for hydroxylation is 2. The lowest BCUT2D eigenvalue weighted by molar-refractivity contribution is -0.662. The lowest BCUT2D eigenvalue weighted by Gasteiger charge is -2.11. The predicted octanol–water partition coefficient (Wildman–Crippen LogP) is 3.03. The van der Waals surface area contributed by atoms with Gasteiger partial charge in [-0.15, -0.1) is 0 Å². The van der Waals surface area contributed by atoms with Crippen LogP contribution in [0.1, 0.15) is 27.9 Å². The molecular weight excluding hydrogens is 343 g/mol. The molecule has 0 saturated heterocycles. The van der Waals surface area contributed by atoms with Gasteiger partial charge in [0, 0.05) is 25.1 Å². The second-order valence-corrected chi connectivity index (χ2v) is 7.12. The number of thiazole rings is 1. The van der Waals surface area contributed by atoms with Crippen LogP contribution in [-0.2, 0) is 13.6 Å². The Morgan fingerprint density at radius 1 is 1.36 bits per heavy atom. The van der Waals surface area contributed by atoms with Crippen LogP contribution in [-0.4, -0.2) is 15.6 Å². The minimum absolute atomic E-state index is 0.0793. The van der Waals surface area contributed by atoms with Crippen LogP contribution in [0.2, 0.25) is 0 Å². The van der Waals surface area contributed by atoms with Gasteiger partial charge in [-0.05, 0) is 26.0 Å². The van der Waals surface area contributed by atoms with E-state index in [-0.39, 0.29) is 10.9 Å². The zero-order valence-electron chi connectivity index (χ0n) is 14.4. The summed E-state index contributed by atoms with van der Waals surface area (Å²) in [4.78, 5) is 24.8. The lowest BCUT2D eigenvalue weighted by atomic mass is 10.1. The van der Waals surface area contributed by atoms with Gasteiger partial charge in [0.1, 0.15) is 18.4 Å². The monoisotopic (exact) mass is 361 g/mol. The number of carboxylic acid groups (broad SMARTS) is 1. The Hall–Kier alpha value is -2.54. The van der Waals surface area contributed by atoms with E-state index in [9.17, 15) is 19.1 Å². The van der Waals surface area contributed by atoms with Gasteiger partial charge in [-0.25, -0.2) is 9.18 Å². The van der Waals surface area contributed by atoms with Crippen molar-refractivity contribution in [1.29, 1.82) is 0 Å². The van der Waals surface area contributed by atoms with Crippen LogP contribution in [0.25, 0.3) is 21.5 Å². The first-order valence-corrected chi connectivity index (χ1v) is 8.64. The smallest absolute Gasteiger partial charge is 0.341 e. The maximum atomic E-state index is 14.8. The van der Waals surface area contributed by atoms with Gasteiger partial charge in [0.05, 0.1) is 16.0 Å². The van der Waals surface area contributed by atoms with E-state index in [2.05, 4.69) is 0 Å². The number of fused-ring (bicyclic) bond motifs is 1. The van der Waals surface area contributed by atoms with E-state index < -0.39 is 17.2 Å². The number of hydrogen-bond donors (Lipinski definition) is 1. The first-order chi connectivity index (χ1) is 11.8. The average molecular weight is 361 g/mol. The molecule has 0 aliphatic carbocycles. The quantitative estimate of drug-likeness (QED) is 0.730. The van der Waals surface area contributed by atoms with Gasteiger partial charge in [0.15, 0.2) is 5.69 Å². The average Bonchev–Trinajstić information content (AvgIpc) is 2.82. The van der Waals surface area contributed by atoms with Gasteiger partial charge < -0.3 is 9.67 Å². The molecule has 3 aromatic rings. The van der Waals surface area contributed by atoms with Gasteiger partial charge in [-0.1, -0.05) is 11.3 Å². The highest BCUT2D eigenvalue weighted by atomic mass is 32.1. The molecule has 2 aromatic heterocycles. The largest absolute Gasteiger partial charge is 0.477 e. The van der Waals surface area contributed by atoms with Crippen LogP contribution in [0.4, 0.5) is 4.39 Å². The molecule has 0 saturated carbocycles. The molecule has 7 heteroatoms. The van der Waals surface area contributed by atoms with E-state index in [1.54, 1.807) is 10.6 Å². The van der Waals surface area contributed by atoms with E-state index in [0.717, 1.165) is 21.6 Å². The maximum Gasteiger partial charge on any atom is 0.341 e. The maximum absolute atomic E-state index is 14.8. The first kappa shape index (κ1) is 17.3. The number of carboxylic acids is 1. The summed E-state index contributed by atoms with van der Waals surface area (Å²) in [5, 5.41) is 10.0. The van der Waals surface area contributed by atoms with Crippen LogP contribution < -0.4 is 10.00 Å². The normalized spacial score (nSPS) is 11.2. The van der Waals surface area contributed by atoms with Gasteiger partial charge in [-0.2, -0.15) is 4.57 Å². The van der Waals surface area contributed by atoms with Crippen molar-refractivity contribution in [3.63, 3.8) is 0 Å². The molecular formula is C18H18FN2O3S+. The van der Waals surface area contributed by atoms with E-state index in [0.29, 0.717) is 17.6 Å². The van der Waals surface area contributed by atoms with Crippen molar-refractivity contribution in [2.24, 2.45) is 7.05 Å². The Morgan fingerprint density at radius 2 is 2.04 bits per heavy atom. The predicted molar refractivity (Wildman–Crippen MR) is 94.8 cm³/mol. The fourth-order valence-electron chi connectivity index (χ4n) is 2.90. The second kappa shape index (κ2) is 6.07. The molecule has 1 N–H and O–H groups in total. The van der Waals surface area contributed by atoms with Crippen LogP contribution in [0, 0.1) is 19.7 Å². The van der Waals surface area contributed by atoms with E-state index in [4.69, 9.17) is 0 Å². The van der Waals surface area contributed by atoms with Crippen molar-refractivity contribution in [3.05, 3.63) is 50.5 Å². The van der Waals surface area contributed by atoms with E-state index in [1.165, 1.54) is 17.5 Å². The molecule has 0 unspecified atom stereocenters. The summed E-state index contributed by atoms with van der Waals surface area (Å²) in [7, 11) is 1.87. The Bertz CT molecular complexity index is 1080. The number of aromatic nitrogens is 2. The summed E-state index contributed by atoms with van der Waals surface area (Å²) >= 11 is 1.48. The van der Waals surface area contributed by atoms with Crippen molar-refractivity contribution in [2.45, 2.75) is 27.3 Å². The number of halogens is 1. The number of aromatic carboxylic acids is 1. The Labute approximate surface area is 147 Å². The summed E-state index contributed by atoms with van der Waals surface area (Å²) in [6, 6.07) is 2.78. The van der Waals surface area contributed by atoms with Crippen molar-refractivity contribution in [1.82, 2.24) is 4.57 Å². The fourth-order valence-corrected chi connectivity index (χ4v) is 4.01. The Kier molecular flexibility index (Phi) is 4.20. The molecule has 25 heavy (non-hydrogen) atoms. The van der Waals surface area contributed by atoms with E-state index >= 15 is 0 Å². The molecule has 0 bridgehead atoms. The summed E-state index contributed by atoms with van der Waals surface area (Å²) in [6.07, 6.45) is 1.32. The lowest BCUT2D eigenvalue weighted by Crippen LogP contribution is -2.31. The Morgan fingerprint density at radius 3 is 2.56 bits per heavy atom. The van der Waals surface area contributed by atoms with Crippen molar-refractivity contribution in [3.8, 4) is 10.6 Å². The Balaban J connectivity index is 2.40. The molecule has 130 valence electrons. The summed E-state index contributed by atoms with van der Waals surface area (Å²) in [5.41, 5.74) is 0.961. The van der Waals surface area contributed by atoms with Crippen LogP contribution in [0.5, 0.6) is 0 Å². The number of hydrogen-bond acceptors (Lipinski definition) is 3. The molecule has 0 spiro atoms. The molecule has 0 fully saturated rings. The van der Waals surface area contributed by atoms with Gasteiger partial charge in [-0.3, -0.25) is 4.79 Å². The van der Waals surface area contributed by atoms with Gasteiger partial charge >= 0.3 is 5.97 Å². The van der Waals surface area contributed by atoms with Crippen LogP contribution in [0.15, 0.2) is 23.1 Å². The van der Waals surface area contributed by atoms with Gasteiger partial charge in [0.25, 0.3) is 5.01 Å². The second-order valence-electron chi connectivity index (χ2n) is 5.92. The molecule has 5 nitrogen and oxygen atoms in total. The SMILES string of the molecule is CCn1cc(C(=O)O)c(=O)c2cc(F)c(-c3sc(C)c(C)[n+]3C)cc21. The summed E-state index contributed by atoms with van der Waals surface area (Å²) in [5.74, 6) is -1.85. The molecule has 3 rings (SSSR count). The minimum Gasteiger partial charge on any atom is -0.477 e. The van der Waals surface area contributed by atoms with Crippen molar-refractivity contribution < 1.29 is 18.9 Å². The number of carbonyl (C=O) groups is 1. The molecule has 1 aromatic carbocycles. The highest BCUT2D eigenvalue weighted by molar-refractivity contribution is 7.14. The molecule has 0 atom stereocenters. The zero-order chi connectivity index (χ0) is 18.5. The van der Waals surface area contributed by atoms with Gasteiger partial charge in [0.2, 0.25) is 5.43 Å². The standard InChI is InChI=1S/C18H17FN2O3S/c1-5-21-8-13(18(23)24)16(22)12-6-14(19)11(7-15(12)21)17-20(4)9(2)10(3)25-17/h6-8H,5H2,1-4H3/p+1. The molecule has 0 amide bonds.